The van der Waals surface area contributed by atoms with Gasteiger partial charge < -0.3 is 15.0 Å². The second-order valence-electron chi connectivity index (χ2n) is 6.09. The minimum Gasteiger partial charge on any atom is -0.497 e. The summed E-state index contributed by atoms with van der Waals surface area (Å²) in [7, 11) is 1.71. The molecule has 0 bridgehead atoms. The minimum absolute atomic E-state index is 0.626. The van der Waals surface area contributed by atoms with Crippen molar-refractivity contribution >= 4 is 16.6 Å². The van der Waals surface area contributed by atoms with E-state index in [0.717, 1.165) is 37.1 Å². The highest BCUT2D eigenvalue weighted by Gasteiger charge is 2.35. The van der Waals surface area contributed by atoms with Gasteiger partial charge in [-0.15, -0.1) is 0 Å². The summed E-state index contributed by atoms with van der Waals surface area (Å²) in [4.78, 5) is 7.10. The molecule has 2 aliphatic rings. The van der Waals surface area contributed by atoms with Gasteiger partial charge in [0.05, 0.1) is 7.11 Å². The van der Waals surface area contributed by atoms with Crippen LogP contribution in [0.25, 0.3) is 10.8 Å². The summed E-state index contributed by atoms with van der Waals surface area (Å²) in [6, 6.07) is 8.92. The largest absolute Gasteiger partial charge is 0.497 e. The summed E-state index contributed by atoms with van der Waals surface area (Å²) in [6.07, 6.45) is 4.55. The Bertz CT molecular complexity index is 644. The van der Waals surface area contributed by atoms with Crippen LogP contribution in [0.4, 0.5) is 5.82 Å². The molecule has 0 radical (unpaired) electrons. The van der Waals surface area contributed by atoms with E-state index in [1.807, 2.05) is 12.3 Å². The van der Waals surface area contributed by atoms with E-state index in [-0.39, 0.29) is 0 Å². The highest BCUT2D eigenvalue weighted by atomic mass is 16.5. The van der Waals surface area contributed by atoms with E-state index in [1.165, 1.54) is 23.6 Å². The van der Waals surface area contributed by atoms with Crippen LogP contribution in [0, 0.1) is 5.92 Å². The van der Waals surface area contributed by atoms with Crippen LogP contribution in [-0.2, 0) is 0 Å². The number of hydrogen-bond donors (Lipinski definition) is 1. The van der Waals surface area contributed by atoms with Crippen molar-refractivity contribution in [1.29, 1.82) is 0 Å². The standard InChI is InChI=1S/C17H21N3O/c1-21-14-5-4-12-6-8-19-17(15(12)9-14)20-10-13-3-2-7-18-16(13)11-20/h4-6,8-9,13,16,18H,2-3,7,10-11H2,1H3/t13-,16+/m0/s1. The van der Waals surface area contributed by atoms with Crippen LogP contribution in [0.5, 0.6) is 5.75 Å². The van der Waals surface area contributed by atoms with Crippen molar-refractivity contribution in [3.8, 4) is 5.75 Å². The number of ether oxygens (including phenoxy) is 1. The molecule has 4 heteroatoms. The van der Waals surface area contributed by atoms with Crippen molar-refractivity contribution in [2.45, 2.75) is 18.9 Å². The molecule has 0 saturated carbocycles. The molecule has 1 aromatic carbocycles. The smallest absolute Gasteiger partial charge is 0.136 e. The zero-order chi connectivity index (χ0) is 14.2. The van der Waals surface area contributed by atoms with Gasteiger partial charge in [-0.25, -0.2) is 4.98 Å². The molecule has 21 heavy (non-hydrogen) atoms. The van der Waals surface area contributed by atoms with Gasteiger partial charge in [0.2, 0.25) is 0 Å². The van der Waals surface area contributed by atoms with Crippen molar-refractivity contribution in [2.75, 3.05) is 31.6 Å². The lowest BCUT2D eigenvalue weighted by Gasteiger charge is -2.24. The number of fused-ring (bicyclic) bond motifs is 2. The summed E-state index contributed by atoms with van der Waals surface area (Å²) in [6.45, 7) is 3.33. The molecule has 4 nitrogen and oxygen atoms in total. The molecule has 2 atom stereocenters. The molecule has 0 unspecified atom stereocenters. The van der Waals surface area contributed by atoms with Gasteiger partial charge in [-0.05, 0) is 48.9 Å². The second kappa shape index (κ2) is 5.19. The van der Waals surface area contributed by atoms with Gasteiger partial charge in [0.15, 0.2) is 0 Å². The Hall–Kier alpha value is -1.81. The topological polar surface area (TPSA) is 37.4 Å². The van der Waals surface area contributed by atoms with Crippen molar-refractivity contribution in [2.24, 2.45) is 5.92 Å². The third kappa shape index (κ3) is 2.23. The van der Waals surface area contributed by atoms with Crippen molar-refractivity contribution < 1.29 is 4.74 Å². The number of hydrogen-bond acceptors (Lipinski definition) is 4. The Balaban J connectivity index is 1.72. The maximum absolute atomic E-state index is 5.38. The number of methoxy groups -OCH3 is 1. The zero-order valence-electron chi connectivity index (χ0n) is 12.4. The average molecular weight is 283 g/mol. The number of nitrogens with one attached hydrogen (secondary N) is 1. The third-order valence-corrected chi connectivity index (χ3v) is 4.85. The van der Waals surface area contributed by atoms with Gasteiger partial charge in [0.1, 0.15) is 11.6 Å². The number of piperidine rings is 1. The van der Waals surface area contributed by atoms with Crippen LogP contribution in [0.15, 0.2) is 30.5 Å². The van der Waals surface area contributed by atoms with E-state index in [9.17, 15) is 0 Å². The molecule has 2 aromatic rings. The fraction of sp³-hybridized carbons (Fsp3) is 0.471. The lowest BCUT2D eigenvalue weighted by Crippen LogP contribution is -2.40. The van der Waals surface area contributed by atoms with Gasteiger partial charge in [-0.3, -0.25) is 0 Å². The predicted octanol–water partition coefficient (Wildman–Crippen LogP) is 2.43. The Morgan fingerprint density at radius 1 is 1.29 bits per heavy atom. The summed E-state index contributed by atoms with van der Waals surface area (Å²) in [5, 5.41) is 6.07. The van der Waals surface area contributed by atoms with Crippen LogP contribution in [0.2, 0.25) is 0 Å². The van der Waals surface area contributed by atoms with Crippen LogP contribution in [0.1, 0.15) is 12.8 Å². The van der Waals surface area contributed by atoms with Crippen molar-refractivity contribution in [3.63, 3.8) is 0 Å². The first-order chi connectivity index (χ1) is 10.3. The molecule has 4 rings (SSSR count). The number of benzene rings is 1. The summed E-state index contributed by atoms with van der Waals surface area (Å²) >= 11 is 0. The normalized spacial score (nSPS) is 25.1. The molecule has 110 valence electrons. The monoisotopic (exact) mass is 283 g/mol. The highest BCUT2D eigenvalue weighted by Crippen LogP contribution is 2.33. The van der Waals surface area contributed by atoms with E-state index in [0.29, 0.717) is 6.04 Å². The SMILES string of the molecule is COc1ccc2ccnc(N3C[C@@H]4CCCN[C@@H]4C3)c2c1. The fourth-order valence-corrected chi connectivity index (χ4v) is 3.73. The average Bonchev–Trinajstić information content (AvgIpc) is 2.97. The molecule has 0 aliphatic carbocycles. The molecule has 0 spiro atoms. The van der Waals surface area contributed by atoms with Crippen LogP contribution >= 0.6 is 0 Å². The number of anilines is 1. The summed E-state index contributed by atoms with van der Waals surface area (Å²) in [5.41, 5.74) is 0. The first-order valence-electron chi connectivity index (χ1n) is 7.76. The maximum atomic E-state index is 5.38. The summed E-state index contributed by atoms with van der Waals surface area (Å²) in [5.74, 6) is 2.76. The van der Waals surface area contributed by atoms with Crippen molar-refractivity contribution in [1.82, 2.24) is 10.3 Å². The van der Waals surface area contributed by atoms with Crippen LogP contribution in [-0.4, -0.2) is 37.8 Å². The first-order valence-corrected chi connectivity index (χ1v) is 7.76. The molecule has 1 N–H and O–H groups in total. The fourth-order valence-electron chi connectivity index (χ4n) is 3.73. The molecule has 3 heterocycles. The molecule has 2 saturated heterocycles. The molecular weight excluding hydrogens is 262 g/mol. The maximum Gasteiger partial charge on any atom is 0.136 e. The third-order valence-electron chi connectivity index (χ3n) is 4.85. The predicted molar refractivity (Wildman–Crippen MR) is 85.0 cm³/mol. The highest BCUT2D eigenvalue weighted by molar-refractivity contribution is 5.93. The Morgan fingerprint density at radius 2 is 2.24 bits per heavy atom. The second-order valence-corrected chi connectivity index (χ2v) is 6.09. The van der Waals surface area contributed by atoms with E-state index < -0.39 is 0 Å². The lowest BCUT2D eigenvalue weighted by atomic mass is 9.94. The zero-order valence-corrected chi connectivity index (χ0v) is 12.4. The molecule has 2 fully saturated rings. The van der Waals surface area contributed by atoms with Gasteiger partial charge in [0, 0.05) is 30.7 Å². The number of nitrogens with zero attached hydrogens (tertiary/aromatic N) is 2. The number of pyridine rings is 1. The van der Waals surface area contributed by atoms with Gasteiger partial charge in [-0.2, -0.15) is 0 Å². The molecule has 0 amide bonds. The minimum atomic E-state index is 0.626. The van der Waals surface area contributed by atoms with E-state index in [1.54, 1.807) is 7.11 Å². The lowest BCUT2D eigenvalue weighted by molar-refractivity contribution is 0.340. The molecule has 2 aliphatic heterocycles. The Morgan fingerprint density at radius 3 is 3.10 bits per heavy atom. The quantitative estimate of drug-likeness (QED) is 0.918. The Kier molecular flexibility index (Phi) is 3.19. The summed E-state index contributed by atoms with van der Waals surface area (Å²) < 4.78 is 5.38. The number of rotatable bonds is 2. The van der Waals surface area contributed by atoms with E-state index in [2.05, 4.69) is 33.4 Å². The Labute approximate surface area is 125 Å². The van der Waals surface area contributed by atoms with Crippen LogP contribution < -0.4 is 15.0 Å². The molecular formula is C17H21N3O. The van der Waals surface area contributed by atoms with Crippen LogP contribution in [0.3, 0.4) is 0 Å². The van der Waals surface area contributed by atoms with Crippen molar-refractivity contribution in [3.05, 3.63) is 30.5 Å². The van der Waals surface area contributed by atoms with E-state index >= 15 is 0 Å². The van der Waals surface area contributed by atoms with Gasteiger partial charge in [-0.1, -0.05) is 6.07 Å². The molecule has 1 aromatic heterocycles. The van der Waals surface area contributed by atoms with E-state index in [4.69, 9.17) is 4.74 Å². The van der Waals surface area contributed by atoms with Gasteiger partial charge in [0.25, 0.3) is 0 Å². The first kappa shape index (κ1) is 12.9. The number of aromatic nitrogens is 1. The van der Waals surface area contributed by atoms with Gasteiger partial charge >= 0.3 is 0 Å².